The number of likely N-dealkylation sites (tertiary alicyclic amines) is 2. The third-order valence-electron chi connectivity index (χ3n) is 5.84. The summed E-state index contributed by atoms with van der Waals surface area (Å²) in [4.78, 5) is 15.8. The Hall–Kier alpha value is -0.860. The Balaban J connectivity index is 1.52. The molecule has 164 valence electrons. The summed E-state index contributed by atoms with van der Waals surface area (Å²) in [6.45, 7) is 8.68. The molecule has 0 radical (unpaired) electrons. The molecule has 0 aromatic carbocycles. The molecule has 0 aromatic heterocycles. The lowest BCUT2D eigenvalue weighted by molar-refractivity contribution is -0.148. The Bertz CT molecular complexity index is 457. The largest absolute Gasteiger partial charge is 0.401 e. The van der Waals surface area contributed by atoms with Crippen LogP contribution < -0.4 is 10.6 Å². The molecule has 0 spiro atoms. The van der Waals surface area contributed by atoms with E-state index in [1.165, 1.54) is 4.90 Å². The number of halogens is 3. The van der Waals surface area contributed by atoms with Crippen LogP contribution in [0.5, 0.6) is 0 Å². The monoisotopic (exact) mass is 406 g/mol. The standard InChI is InChI=1S/C20H37F3N4O/c1-16(2)25-14-18-6-11-27(12-7-18)19(28)3-8-24-13-17-4-9-26(10-5-17)15-20(21,22)23/h16-18,24-25H,3-15H2,1-2H3. The summed E-state index contributed by atoms with van der Waals surface area (Å²) in [5.41, 5.74) is 0. The van der Waals surface area contributed by atoms with Crippen molar-refractivity contribution in [2.24, 2.45) is 11.8 Å². The van der Waals surface area contributed by atoms with Crippen molar-refractivity contribution in [1.29, 1.82) is 0 Å². The normalized spacial score (nSPS) is 20.9. The smallest absolute Gasteiger partial charge is 0.343 e. The number of hydrogen-bond acceptors (Lipinski definition) is 4. The van der Waals surface area contributed by atoms with Gasteiger partial charge in [-0.3, -0.25) is 9.69 Å². The van der Waals surface area contributed by atoms with Crippen LogP contribution in [0, 0.1) is 11.8 Å². The zero-order valence-electron chi connectivity index (χ0n) is 17.4. The van der Waals surface area contributed by atoms with E-state index in [1.54, 1.807) is 0 Å². The van der Waals surface area contributed by atoms with Gasteiger partial charge in [0.2, 0.25) is 5.91 Å². The zero-order chi connectivity index (χ0) is 20.6. The van der Waals surface area contributed by atoms with Crippen molar-refractivity contribution in [1.82, 2.24) is 20.4 Å². The quantitative estimate of drug-likeness (QED) is 0.578. The van der Waals surface area contributed by atoms with E-state index < -0.39 is 12.7 Å². The molecule has 0 aliphatic carbocycles. The first-order chi connectivity index (χ1) is 13.2. The minimum absolute atomic E-state index is 0.211. The van der Waals surface area contributed by atoms with E-state index in [-0.39, 0.29) is 5.91 Å². The predicted octanol–water partition coefficient (Wildman–Crippen LogP) is 2.48. The van der Waals surface area contributed by atoms with Crippen LogP contribution >= 0.6 is 0 Å². The van der Waals surface area contributed by atoms with Crippen molar-refractivity contribution in [3.8, 4) is 0 Å². The molecule has 2 saturated heterocycles. The van der Waals surface area contributed by atoms with Crippen molar-refractivity contribution >= 4 is 5.91 Å². The Morgan fingerprint density at radius 3 is 2.14 bits per heavy atom. The molecule has 2 fully saturated rings. The maximum atomic E-state index is 12.4. The van der Waals surface area contributed by atoms with Gasteiger partial charge in [0.05, 0.1) is 6.54 Å². The SMILES string of the molecule is CC(C)NCC1CCN(C(=O)CCNCC2CCN(CC(F)(F)F)CC2)CC1. The molecule has 2 aliphatic heterocycles. The van der Waals surface area contributed by atoms with Gasteiger partial charge >= 0.3 is 6.18 Å². The van der Waals surface area contributed by atoms with Crippen LogP contribution in [-0.2, 0) is 4.79 Å². The van der Waals surface area contributed by atoms with Crippen molar-refractivity contribution in [3.63, 3.8) is 0 Å². The molecule has 0 atom stereocenters. The van der Waals surface area contributed by atoms with Gasteiger partial charge in [0.25, 0.3) is 0 Å². The van der Waals surface area contributed by atoms with Gasteiger partial charge < -0.3 is 15.5 Å². The fourth-order valence-electron chi connectivity index (χ4n) is 4.05. The molecular weight excluding hydrogens is 369 g/mol. The van der Waals surface area contributed by atoms with Crippen LogP contribution in [0.25, 0.3) is 0 Å². The molecular formula is C20H37F3N4O. The lowest BCUT2D eigenvalue weighted by Gasteiger charge is -2.33. The molecule has 2 rings (SSSR count). The first kappa shape index (κ1) is 23.4. The summed E-state index contributed by atoms with van der Waals surface area (Å²) in [6.07, 6.45) is 0.0986. The summed E-state index contributed by atoms with van der Waals surface area (Å²) in [6, 6.07) is 0.502. The second-order valence-corrected chi connectivity index (χ2v) is 8.68. The topological polar surface area (TPSA) is 47.6 Å². The molecule has 2 N–H and O–H groups in total. The predicted molar refractivity (Wildman–Crippen MR) is 105 cm³/mol. The number of rotatable bonds is 9. The van der Waals surface area contributed by atoms with Crippen molar-refractivity contribution in [2.45, 2.75) is 58.2 Å². The van der Waals surface area contributed by atoms with Crippen molar-refractivity contribution in [3.05, 3.63) is 0 Å². The Morgan fingerprint density at radius 1 is 1.00 bits per heavy atom. The molecule has 0 bridgehead atoms. The van der Waals surface area contributed by atoms with Gasteiger partial charge in [-0.1, -0.05) is 13.8 Å². The van der Waals surface area contributed by atoms with Gasteiger partial charge in [-0.05, 0) is 63.7 Å². The van der Waals surface area contributed by atoms with Crippen LogP contribution in [0.15, 0.2) is 0 Å². The van der Waals surface area contributed by atoms with E-state index in [9.17, 15) is 18.0 Å². The Labute approximate surface area is 167 Å². The first-order valence-electron chi connectivity index (χ1n) is 10.7. The van der Waals surface area contributed by atoms with Gasteiger partial charge in [-0.15, -0.1) is 0 Å². The summed E-state index contributed by atoms with van der Waals surface area (Å²) >= 11 is 0. The molecule has 0 unspecified atom stereocenters. The number of hydrogen-bond donors (Lipinski definition) is 2. The Morgan fingerprint density at radius 2 is 1.57 bits per heavy atom. The van der Waals surface area contributed by atoms with E-state index >= 15 is 0 Å². The van der Waals surface area contributed by atoms with E-state index in [0.29, 0.717) is 43.9 Å². The number of nitrogens with one attached hydrogen (secondary N) is 2. The molecule has 2 heterocycles. The summed E-state index contributed by atoms with van der Waals surface area (Å²) in [5.74, 6) is 1.28. The first-order valence-corrected chi connectivity index (χ1v) is 10.7. The molecule has 28 heavy (non-hydrogen) atoms. The van der Waals surface area contributed by atoms with Crippen LogP contribution in [0.1, 0.15) is 46.0 Å². The van der Waals surface area contributed by atoms with Crippen LogP contribution in [0.2, 0.25) is 0 Å². The molecule has 1 amide bonds. The summed E-state index contributed by atoms with van der Waals surface area (Å²) in [7, 11) is 0. The van der Waals surface area contributed by atoms with Crippen LogP contribution in [0.4, 0.5) is 13.2 Å². The third-order valence-corrected chi connectivity index (χ3v) is 5.84. The second kappa shape index (κ2) is 11.4. The number of nitrogens with zero attached hydrogens (tertiary/aromatic N) is 2. The van der Waals surface area contributed by atoms with Gasteiger partial charge in [-0.2, -0.15) is 13.2 Å². The maximum Gasteiger partial charge on any atom is 0.401 e. The lowest BCUT2D eigenvalue weighted by Crippen LogP contribution is -2.43. The lowest BCUT2D eigenvalue weighted by atomic mass is 9.96. The molecule has 8 heteroatoms. The summed E-state index contributed by atoms with van der Waals surface area (Å²) in [5, 5.41) is 6.81. The van der Waals surface area contributed by atoms with E-state index in [4.69, 9.17) is 0 Å². The number of alkyl halides is 3. The maximum absolute atomic E-state index is 12.4. The number of piperidine rings is 2. The minimum atomic E-state index is -4.11. The van der Waals surface area contributed by atoms with Gasteiger partial charge in [-0.25, -0.2) is 0 Å². The summed E-state index contributed by atoms with van der Waals surface area (Å²) < 4.78 is 37.2. The fraction of sp³-hybridized carbons (Fsp3) is 0.950. The van der Waals surface area contributed by atoms with Crippen LogP contribution in [-0.4, -0.2) is 80.3 Å². The third kappa shape index (κ3) is 9.09. The van der Waals surface area contributed by atoms with Crippen molar-refractivity contribution < 1.29 is 18.0 Å². The number of carbonyl (C=O) groups is 1. The van der Waals surface area contributed by atoms with E-state index in [1.807, 2.05) is 4.90 Å². The zero-order valence-corrected chi connectivity index (χ0v) is 17.4. The highest BCUT2D eigenvalue weighted by Crippen LogP contribution is 2.22. The number of carbonyl (C=O) groups excluding carboxylic acids is 1. The average molecular weight is 407 g/mol. The van der Waals surface area contributed by atoms with Gasteiger partial charge in [0.1, 0.15) is 0 Å². The number of amides is 1. The average Bonchev–Trinajstić information content (AvgIpc) is 2.64. The van der Waals surface area contributed by atoms with E-state index in [2.05, 4.69) is 24.5 Å². The van der Waals surface area contributed by atoms with E-state index in [0.717, 1.165) is 51.9 Å². The second-order valence-electron chi connectivity index (χ2n) is 8.68. The highest BCUT2D eigenvalue weighted by atomic mass is 19.4. The Kier molecular flexibility index (Phi) is 9.50. The van der Waals surface area contributed by atoms with Gasteiger partial charge in [0, 0.05) is 32.1 Å². The molecule has 0 aromatic rings. The minimum Gasteiger partial charge on any atom is -0.343 e. The highest BCUT2D eigenvalue weighted by molar-refractivity contribution is 5.76. The van der Waals surface area contributed by atoms with Gasteiger partial charge in [0.15, 0.2) is 0 Å². The molecule has 2 aliphatic rings. The molecule has 0 saturated carbocycles. The molecule has 5 nitrogen and oxygen atoms in total. The fourth-order valence-corrected chi connectivity index (χ4v) is 4.05. The van der Waals surface area contributed by atoms with Crippen molar-refractivity contribution in [2.75, 3.05) is 52.4 Å². The van der Waals surface area contributed by atoms with Crippen LogP contribution in [0.3, 0.4) is 0 Å². The highest BCUT2D eigenvalue weighted by Gasteiger charge is 2.32.